The lowest BCUT2D eigenvalue weighted by molar-refractivity contribution is 0.0677. The van der Waals surface area contributed by atoms with Gasteiger partial charge in [-0.3, -0.25) is 0 Å². The third-order valence-corrected chi connectivity index (χ3v) is 5.13. The maximum absolute atomic E-state index is 10.6. The van der Waals surface area contributed by atoms with Crippen molar-refractivity contribution < 1.29 is 5.11 Å². The van der Waals surface area contributed by atoms with Crippen LogP contribution in [0, 0.1) is 0 Å². The predicted molar refractivity (Wildman–Crippen MR) is 131 cm³/mol. The number of aromatic nitrogens is 2. The van der Waals surface area contributed by atoms with Gasteiger partial charge in [0.2, 0.25) is 0 Å². The van der Waals surface area contributed by atoms with Crippen LogP contribution < -0.4 is 10.6 Å². The lowest BCUT2D eigenvalue weighted by atomic mass is 10.00. The molecule has 29 heavy (non-hydrogen) atoms. The number of nitrogens with zero attached hydrogens (tertiary/aromatic N) is 3. The smallest absolute Gasteiger partial charge is 0.191 e. The third kappa shape index (κ3) is 6.83. The second-order valence-corrected chi connectivity index (χ2v) is 7.55. The van der Waals surface area contributed by atoms with Gasteiger partial charge in [0.1, 0.15) is 5.60 Å². The minimum atomic E-state index is -0.968. The summed E-state index contributed by atoms with van der Waals surface area (Å²) in [6, 6.07) is 12.2. The fourth-order valence-corrected chi connectivity index (χ4v) is 3.58. The summed E-state index contributed by atoms with van der Waals surface area (Å²) in [5.74, 6) is 0.714. The van der Waals surface area contributed by atoms with E-state index in [1.165, 1.54) is 5.56 Å². The van der Waals surface area contributed by atoms with Crippen molar-refractivity contribution in [2.75, 3.05) is 19.6 Å². The first-order chi connectivity index (χ1) is 13.6. The molecule has 1 aromatic carbocycles. The van der Waals surface area contributed by atoms with Gasteiger partial charge in [-0.25, -0.2) is 9.67 Å². The van der Waals surface area contributed by atoms with Gasteiger partial charge in [0.05, 0.1) is 12.2 Å². The molecule has 1 atom stereocenters. The van der Waals surface area contributed by atoms with Crippen LogP contribution >= 0.6 is 35.3 Å². The van der Waals surface area contributed by atoms with Crippen molar-refractivity contribution in [3.63, 3.8) is 0 Å². The maximum Gasteiger partial charge on any atom is 0.191 e. The van der Waals surface area contributed by atoms with E-state index in [1.807, 2.05) is 40.7 Å². The number of halogens is 1. The molecule has 0 amide bonds. The zero-order valence-electron chi connectivity index (χ0n) is 16.7. The van der Waals surface area contributed by atoms with Crippen LogP contribution in [0.3, 0.4) is 0 Å². The zero-order valence-corrected chi connectivity index (χ0v) is 19.9. The molecule has 2 heterocycles. The molecule has 0 fully saturated rings. The first kappa shape index (κ1) is 23.4. The monoisotopic (exact) mass is 525 g/mol. The summed E-state index contributed by atoms with van der Waals surface area (Å²) in [4.78, 5) is 4.56. The van der Waals surface area contributed by atoms with Crippen LogP contribution in [0.25, 0.3) is 5.69 Å². The molecular formula is C21H28IN5OS. The lowest BCUT2D eigenvalue weighted by Crippen LogP contribution is -2.39. The molecule has 156 valence electrons. The number of aliphatic hydroxyl groups is 1. The van der Waals surface area contributed by atoms with Crippen LogP contribution in [0.4, 0.5) is 0 Å². The van der Waals surface area contributed by atoms with Gasteiger partial charge >= 0.3 is 0 Å². The summed E-state index contributed by atoms with van der Waals surface area (Å²) in [5, 5.41) is 25.4. The third-order valence-electron chi connectivity index (χ3n) is 4.44. The van der Waals surface area contributed by atoms with Crippen molar-refractivity contribution >= 4 is 41.3 Å². The van der Waals surface area contributed by atoms with E-state index in [0.717, 1.165) is 30.8 Å². The van der Waals surface area contributed by atoms with Gasteiger partial charge in [-0.1, -0.05) is 12.1 Å². The Kier molecular flexibility index (Phi) is 9.12. The predicted octanol–water partition coefficient (Wildman–Crippen LogP) is 3.56. The van der Waals surface area contributed by atoms with Crippen molar-refractivity contribution in [3.8, 4) is 5.69 Å². The fourth-order valence-electron chi connectivity index (χ4n) is 2.80. The molecule has 0 saturated heterocycles. The minimum Gasteiger partial charge on any atom is -0.383 e. The van der Waals surface area contributed by atoms with Crippen LogP contribution in [0.2, 0.25) is 0 Å². The first-order valence-corrected chi connectivity index (χ1v) is 10.4. The van der Waals surface area contributed by atoms with Gasteiger partial charge in [-0.15, -0.1) is 24.0 Å². The van der Waals surface area contributed by atoms with Crippen LogP contribution in [0.15, 0.2) is 64.5 Å². The number of benzene rings is 1. The van der Waals surface area contributed by atoms with Crippen molar-refractivity contribution in [2.45, 2.75) is 25.9 Å². The van der Waals surface area contributed by atoms with Gasteiger partial charge in [0.25, 0.3) is 0 Å². The minimum absolute atomic E-state index is 0. The molecule has 0 radical (unpaired) electrons. The molecular weight excluding hydrogens is 497 g/mol. The number of hydrogen-bond donors (Lipinski definition) is 3. The van der Waals surface area contributed by atoms with E-state index in [0.29, 0.717) is 12.5 Å². The van der Waals surface area contributed by atoms with Gasteiger partial charge in [-0.2, -0.15) is 16.4 Å². The average molecular weight is 525 g/mol. The van der Waals surface area contributed by atoms with E-state index < -0.39 is 5.60 Å². The van der Waals surface area contributed by atoms with Crippen LogP contribution in [0.1, 0.15) is 25.0 Å². The van der Waals surface area contributed by atoms with Gasteiger partial charge < -0.3 is 15.7 Å². The number of guanidine groups is 1. The molecule has 0 spiro atoms. The quantitative estimate of drug-likeness (QED) is 0.239. The highest BCUT2D eigenvalue weighted by Gasteiger charge is 2.23. The SMILES string of the molecule is CCNC(=NCC(C)(O)c1ccsc1)NCCc1ccc(-n2cccn2)cc1.I. The largest absolute Gasteiger partial charge is 0.383 e. The van der Waals surface area contributed by atoms with E-state index in [2.05, 4.69) is 45.0 Å². The summed E-state index contributed by atoms with van der Waals surface area (Å²) >= 11 is 1.58. The molecule has 0 aliphatic rings. The standard InChI is InChI=1S/C21H27N5OS.HI/c1-3-22-20(24-16-21(2,27)18-10-14-28-15-18)23-12-9-17-5-7-19(8-6-17)26-13-4-11-25-26;/h4-8,10-11,13-15,27H,3,9,12,16H2,1-2H3,(H2,22,23,24);1H. The summed E-state index contributed by atoms with van der Waals surface area (Å²) in [6.45, 7) is 5.65. The van der Waals surface area contributed by atoms with E-state index in [4.69, 9.17) is 0 Å². The topological polar surface area (TPSA) is 74.5 Å². The Morgan fingerprint density at radius 1 is 1.24 bits per heavy atom. The van der Waals surface area contributed by atoms with Gasteiger partial charge in [0.15, 0.2) is 5.96 Å². The molecule has 0 bridgehead atoms. The van der Waals surface area contributed by atoms with E-state index in [9.17, 15) is 5.11 Å². The number of aliphatic imine (C=N–C) groups is 1. The highest BCUT2D eigenvalue weighted by atomic mass is 127. The van der Waals surface area contributed by atoms with E-state index >= 15 is 0 Å². The Labute approximate surface area is 193 Å². The summed E-state index contributed by atoms with van der Waals surface area (Å²) in [5.41, 5.74) is 2.22. The van der Waals surface area contributed by atoms with Crippen LogP contribution in [-0.4, -0.2) is 40.5 Å². The van der Waals surface area contributed by atoms with Crippen molar-refractivity contribution in [3.05, 3.63) is 70.7 Å². The Morgan fingerprint density at radius 2 is 2.03 bits per heavy atom. The normalized spacial score (nSPS) is 13.4. The van der Waals surface area contributed by atoms with E-state index in [1.54, 1.807) is 24.5 Å². The molecule has 3 N–H and O–H groups in total. The molecule has 8 heteroatoms. The molecule has 3 aromatic rings. The number of thiophene rings is 1. The second kappa shape index (κ2) is 11.3. The Bertz CT molecular complexity index is 861. The summed E-state index contributed by atoms with van der Waals surface area (Å²) in [6.07, 6.45) is 4.58. The Hall–Kier alpha value is -1.91. The van der Waals surface area contributed by atoms with Crippen molar-refractivity contribution in [1.82, 2.24) is 20.4 Å². The lowest BCUT2D eigenvalue weighted by Gasteiger charge is -2.21. The van der Waals surface area contributed by atoms with Crippen LogP contribution in [-0.2, 0) is 12.0 Å². The van der Waals surface area contributed by atoms with Gasteiger partial charge in [0, 0.05) is 25.5 Å². The number of rotatable bonds is 8. The highest BCUT2D eigenvalue weighted by Crippen LogP contribution is 2.23. The molecule has 0 aliphatic heterocycles. The summed E-state index contributed by atoms with van der Waals surface area (Å²) < 4.78 is 1.84. The fraction of sp³-hybridized carbons (Fsp3) is 0.333. The van der Waals surface area contributed by atoms with Crippen molar-refractivity contribution in [1.29, 1.82) is 0 Å². The first-order valence-electron chi connectivity index (χ1n) is 9.44. The number of hydrogen-bond acceptors (Lipinski definition) is 4. The molecule has 0 aliphatic carbocycles. The molecule has 6 nitrogen and oxygen atoms in total. The average Bonchev–Trinajstić information content (AvgIpc) is 3.41. The molecule has 2 aromatic heterocycles. The summed E-state index contributed by atoms with van der Waals surface area (Å²) in [7, 11) is 0. The second-order valence-electron chi connectivity index (χ2n) is 6.77. The Morgan fingerprint density at radius 3 is 2.66 bits per heavy atom. The molecule has 1 unspecified atom stereocenters. The molecule has 0 saturated carbocycles. The number of nitrogens with one attached hydrogen (secondary N) is 2. The maximum atomic E-state index is 10.6. The van der Waals surface area contributed by atoms with Crippen LogP contribution in [0.5, 0.6) is 0 Å². The highest BCUT2D eigenvalue weighted by molar-refractivity contribution is 14.0. The molecule has 3 rings (SSSR count). The Balaban J connectivity index is 0.00000300. The zero-order chi connectivity index (χ0) is 19.8. The van der Waals surface area contributed by atoms with Crippen molar-refractivity contribution in [2.24, 2.45) is 4.99 Å². The van der Waals surface area contributed by atoms with Gasteiger partial charge in [-0.05, 0) is 66.4 Å². The van der Waals surface area contributed by atoms with E-state index in [-0.39, 0.29) is 24.0 Å².